The van der Waals surface area contributed by atoms with Crippen molar-refractivity contribution in [3.8, 4) is 0 Å². The zero-order valence-corrected chi connectivity index (χ0v) is 20.8. The molecule has 4 N–H and O–H groups in total. The summed E-state index contributed by atoms with van der Waals surface area (Å²) in [6.07, 6.45) is 0. The molecule has 184 valence electrons. The van der Waals surface area contributed by atoms with Gasteiger partial charge in [-0.3, -0.25) is 19.4 Å². The molecule has 0 spiro atoms. The molecule has 1 aliphatic rings. The molecule has 0 bridgehead atoms. The molecule has 8 heteroatoms. The maximum absolute atomic E-state index is 12.7. The summed E-state index contributed by atoms with van der Waals surface area (Å²) in [5, 5.41) is 6.83. The van der Waals surface area contributed by atoms with E-state index < -0.39 is 0 Å². The minimum absolute atomic E-state index is 0.0278. The van der Waals surface area contributed by atoms with Crippen LogP contribution >= 0.6 is 11.3 Å². The Balaban J connectivity index is 1.14. The second kappa shape index (κ2) is 10.9. The van der Waals surface area contributed by atoms with Gasteiger partial charge in [-0.1, -0.05) is 48.5 Å². The van der Waals surface area contributed by atoms with Crippen LogP contribution in [0.4, 0.5) is 17.1 Å². The fraction of sp³-hybridized carbons (Fsp3) is 0.214. The number of benzene rings is 3. The van der Waals surface area contributed by atoms with Crippen molar-refractivity contribution in [1.29, 1.82) is 0 Å². The summed E-state index contributed by atoms with van der Waals surface area (Å²) in [6.45, 7) is 4.95. The maximum atomic E-state index is 12.7. The highest BCUT2D eigenvalue weighted by molar-refractivity contribution is 7.21. The summed E-state index contributed by atoms with van der Waals surface area (Å²) >= 11 is 1.39. The van der Waals surface area contributed by atoms with Gasteiger partial charge in [0.25, 0.3) is 5.91 Å². The van der Waals surface area contributed by atoms with E-state index >= 15 is 0 Å². The largest absolute Gasteiger partial charge is 0.397 e. The van der Waals surface area contributed by atoms with Gasteiger partial charge in [0.15, 0.2) is 0 Å². The Hall–Kier alpha value is -3.72. The number of para-hydroxylation sites is 2. The number of nitrogens with two attached hydrogens (primary N) is 1. The third kappa shape index (κ3) is 5.91. The third-order valence-electron chi connectivity index (χ3n) is 6.32. The van der Waals surface area contributed by atoms with E-state index in [1.54, 1.807) is 12.1 Å². The van der Waals surface area contributed by atoms with Gasteiger partial charge in [0.05, 0.1) is 22.8 Å². The molecule has 0 radical (unpaired) electrons. The summed E-state index contributed by atoms with van der Waals surface area (Å²) in [7, 11) is 0. The van der Waals surface area contributed by atoms with Crippen molar-refractivity contribution in [3.63, 3.8) is 0 Å². The van der Waals surface area contributed by atoms with E-state index in [-0.39, 0.29) is 11.8 Å². The molecule has 1 aromatic heterocycles. The summed E-state index contributed by atoms with van der Waals surface area (Å²) < 4.78 is 0.938. The third-order valence-corrected chi connectivity index (χ3v) is 7.41. The molecule has 5 rings (SSSR count). The van der Waals surface area contributed by atoms with Crippen molar-refractivity contribution in [2.45, 2.75) is 6.54 Å². The molecule has 2 amide bonds. The Labute approximate surface area is 214 Å². The first-order chi connectivity index (χ1) is 17.5. The standard InChI is InChI=1S/C28H29N5O2S/c29-23-8-4-5-9-24(23)31-28(35)26-16-21-10-11-22(17-25(21)36-26)30-27(34)19-33-14-12-32(13-15-33)18-20-6-2-1-3-7-20/h1-11,16-17H,12-15,18-19,29H2,(H,30,34)(H,31,35). The average molecular weight is 500 g/mol. The number of rotatable bonds is 7. The molecule has 3 aromatic carbocycles. The topological polar surface area (TPSA) is 90.7 Å². The molecule has 7 nitrogen and oxygen atoms in total. The van der Waals surface area contributed by atoms with E-state index in [2.05, 4.69) is 44.7 Å². The molecule has 0 atom stereocenters. The van der Waals surface area contributed by atoms with Crippen molar-refractivity contribution in [3.05, 3.63) is 89.3 Å². The Kier molecular flexibility index (Phi) is 7.27. The number of anilines is 3. The lowest BCUT2D eigenvalue weighted by atomic mass is 10.2. The zero-order chi connectivity index (χ0) is 24.9. The summed E-state index contributed by atoms with van der Waals surface area (Å²) in [5.41, 5.74) is 9.10. The number of carbonyl (C=O) groups is 2. The number of amides is 2. The van der Waals surface area contributed by atoms with Crippen LogP contribution in [0.15, 0.2) is 78.9 Å². The van der Waals surface area contributed by atoms with Crippen LogP contribution in [-0.4, -0.2) is 54.3 Å². The summed E-state index contributed by atoms with van der Waals surface area (Å²) in [5.74, 6) is -0.231. The van der Waals surface area contributed by atoms with Gasteiger partial charge < -0.3 is 16.4 Å². The predicted molar refractivity (Wildman–Crippen MR) is 147 cm³/mol. The number of thiophene rings is 1. The quantitative estimate of drug-likeness (QED) is 0.326. The number of carbonyl (C=O) groups excluding carboxylic acids is 2. The monoisotopic (exact) mass is 499 g/mol. The molecule has 0 saturated carbocycles. The average Bonchev–Trinajstić information content (AvgIpc) is 3.31. The Morgan fingerprint density at radius 3 is 2.33 bits per heavy atom. The molecule has 1 saturated heterocycles. The molecule has 36 heavy (non-hydrogen) atoms. The van der Waals surface area contributed by atoms with Crippen LogP contribution in [0.5, 0.6) is 0 Å². The summed E-state index contributed by atoms with van der Waals surface area (Å²) in [4.78, 5) is 30.6. The Morgan fingerprint density at radius 2 is 1.56 bits per heavy atom. The minimum atomic E-state index is -0.203. The molecular weight excluding hydrogens is 470 g/mol. The van der Waals surface area contributed by atoms with Crippen LogP contribution in [0, 0.1) is 0 Å². The Morgan fingerprint density at radius 1 is 0.833 bits per heavy atom. The maximum Gasteiger partial charge on any atom is 0.265 e. The van der Waals surface area contributed by atoms with Crippen LogP contribution in [0.3, 0.4) is 0 Å². The number of nitrogens with zero attached hydrogens (tertiary/aromatic N) is 2. The van der Waals surface area contributed by atoms with E-state index in [0.29, 0.717) is 22.8 Å². The second-order valence-corrected chi connectivity index (χ2v) is 10.1. The molecule has 1 aliphatic heterocycles. The van der Waals surface area contributed by atoms with Crippen molar-refractivity contribution in [2.24, 2.45) is 0 Å². The van der Waals surface area contributed by atoms with Crippen molar-refractivity contribution in [2.75, 3.05) is 49.1 Å². The van der Waals surface area contributed by atoms with Gasteiger partial charge in [0, 0.05) is 43.1 Å². The van der Waals surface area contributed by atoms with Crippen LogP contribution in [0.25, 0.3) is 10.1 Å². The first-order valence-corrected chi connectivity index (χ1v) is 12.8. The normalized spacial score (nSPS) is 14.6. The molecule has 1 fully saturated rings. The highest BCUT2D eigenvalue weighted by Crippen LogP contribution is 2.29. The van der Waals surface area contributed by atoms with E-state index in [4.69, 9.17) is 5.73 Å². The van der Waals surface area contributed by atoms with Gasteiger partial charge in [0.1, 0.15) is 0 Å². The highest BCUT2D eigenvalue weighted by Gasteiger charge is 2.19. The molecule has 2 heterocycles. The number of nitrogen functional groups attached to an aromatic ring is 1. The van der Waals surface area contributed by atoms with Gasteiger partial charge in [-0.25, -0.2) is 0 Å². The summed E-state index contributed by atoms with van der Waals surface area (Å²) in [6, 6.07) is 25.2. The smallest absolute Gasteiger partial charge is 0.265 e. The van der Waals surface area contributed by atoms with Crippen LogP contribution in [0.1, 0.15) is 15.2 Å². The fourth-order valence-electron chi connectivity index (χ4n) is 4.37. The SMILES string of the molecule is Nc1ccccc1NC(=O)c1cc2ccc(NC(=O)CN3CCN(Cc4ccccc4)CC3)cc2s1. The van der Waals surface area contributed by atoms with Gasteiger partial charge >= 0.3 is 0 Å². The molecule has 4 aromatic rings. The number of nitrogens with one attached hydrogen (secondary N) is 2. The first kappa shape index (κ1) is 24.0. The lowest BCUT2D eigenvalue weighted by Crippen LogP contribution is -2.48. The van der Waals surface area contributed by atoms with Gasteiger partial charge in [-0.15, -0.1) is 11.3 Å². The zero-order valence-electron chi connectivity index (χ0n) is 19.9. The van der Waals surface area contributed by atoms with E-state index in [0.717, 1.165) is 48.5 Å². The van der Waals surface area contributed by atoms with Crippen LogP contribution in [-0.2, 0) is 11.3 Å². The van der Waals surface area contributed by atoms with Crippen LogP contribution < -0.4 is 16.4 Å². The van der Waals surface area contributed by atoms with Crippen LogP contribution in [0.2, 0.25) is 0 Å². The predicted octanol–water partition coefficient (Wildman–Crippen LogP) is 4.49. The molecule has 0 aliphatic carbocycles. The second-order valence-electron chi connectivity index (χ2n) is 8.99. The number of hydrogen-bond donors (Lipinski definition) is 3. The van der Waals surface area contributed by atoms with Crippen molar-refractivity contribution in [1.82, 2.24) is 9.80 Å². The lowest BCUT2D eigenvalue weighted by Gasteiger charge is -2.34. The number of piperazine rings is 1. The highest BCUT2D eigenvalue weighted by atomic mass is 32.1. The van der Waals surface area contributed by atoms with E-state index in [9.17, 15) is 9.59 Å². The first-order valence-electron chi connectivity index (χ1n) is 12.0. The van der Waals surface area contributed by atoms with Crippen molar-refractivity contribution >= 4 is 50.3 Å². The molecular formula is C28H29N5O2S. The Bertz CT molecular complexity index is 1360. The van der Waals surface area contributed by atoms with Gasteiger partial charge in [-0.2, -0.15) is 0 Å². The van der Waals surface area contributed by atoms with Gasteiger partial charge in [0.2, 0.25) is 5.91 Å². The van der Waals surface area contributed by atoms with E-state index in [1.165, 1.54) is 16.9 Å². The van der Waals surface area contributed by atoms with E-state index in [1.807, 2.05) is 42.5 Å². The minimum Gasteiger partial charge on any atom is -0.397 e. The fourth-order valence-corrected chi connectivity index (χ4v) is 5.36. The number of hydrogen-bond acceptors (Lipinski definition) is 6. The number of fused-ring (bicyclic) bond motifs is 1. The lowest BCUT2D eigenvalue weighted by molar-refractivity contribution is -0.117. The van der Waals surface area contributed by atoms with Gasteiger partial charge in [-0.05, 0) is 41.3 Å². The molecule has 0 unspecified atom stereocenters. The van der Waals surface area contributed by atoms with Crippen molar-refractivity contribution < 1.29 is 9.59 Å².